The van der Waals surface area contributed by atoms with Crippen molar-refractivity contribution in [3.05, 3.63) is 29.8 Å². The first-order valence-corrected chi connectivity index (χ1v) is 7.65. The zero-order valence-corrected chi connectivity index (χ0v) is 12.9. The summed E-state index contributed by atoms with van der Waals surface area (Å²) < 4.78 is 41.1. The van der Waals surface area contributed by atoms with Gasteiger partial charge >= 0.3 is 6.18 Å². The van der Waals surface area contributed by atoms with E-state index in [1.54, 1.807) is 6.92 Å². The number of alkyl halides is 3. The fourth-order valence-electron chi connectivity index (χ4n) is 3.38. The van der Waals surface area contributed by atoms with E-state index in [0.29, 0.717) is 12.8 Å². The molecule has 1 aliphatic carbocycles. The molecule has 2 N–H and O–H groups in total. The summed E-state index contributed by atoms with van der Waals surface area (Å²) in [6.45, 7) is 1.81. The summed E-state index contributed by atoms with van der Waals surface area (Å²) in [5.41, 5.74) is -3.55. The molecule has 0 aromatic heterocycles. The lowest BCUT2D eigenvalue weighted by molar-refractivity contribution is -0.313. The van der Waals surface area contributed by atoms with Gasteiger partial charge in [-0.3, -0.25) is 4.79 Å². The minimum atomic E-state index is -5.07. The van der Waals surface area contributed by atoms with Gasteiger partial charge in [0.25, 0.3) is 11.6 Å². The molecule has 24 heavy (non-hydrogen) atoms. The molecule has 3 atom stereocenters. The molecule has 1 saturated carbocycles. The number of halogens is 3. The van der Waals surface area contributed by atoms with Gasteiger partial charge in [0.1, 0.15) is 5.75 Å². The summed E-state index contributed by atoms with van der Waals surface area (Å²) in [6, 6.07) is 5.24. The molecule has 130 valence electrons. The third-order valence-corrected chi connectivity index (χ3v) is 4.71. The number of amides is 1. The van der Waals surface area contributed by atoms with Crippen molar-refractivity contribution in [3.8, 4) is 5.75 Å². The molecular formula is C16H17F3N2O3. The molecule has 3 rings (SSSR count). The molecular weight excluding hydrogens is 325 g/mol. The molecule has 1 aromatic carbocycles. The Balaban J connectivity index is 2.07. The van der Waals surface area contributed by atoms with E-state index in [4.69, 9.17) is 0 Å². The number of nitrogens with zero attached hydrogens (tertiary/aromatic N) is 2. The minimum absolute atomic E-state index is 0.0111. The van der Waals surface area contributed by atoms with E-state index in [2.05, 4.69) is 5.10 Å². The topological polar surface area (TPSA) is 73.1 Å². The smallest absolute Gasteiger partial charge is 0.439 e. The van der Waals surface area contributed by atoms with Gasteiger partial charge in [-0.15, -0.1) is 0 Å². The maximum Gasteiger partial charge on any atom is 0.439 e. The van der Waals surface area contributed by atoms with E-state index in [-0.39, 0.29) is 28.6 Å². The second kappa shape index (κ2) is 5.47. The van der Waals surface area contributed by atoms with Crippen molar-refractivity contribution < 1.29 is 28.2 Å². The Bertz CT molecular complexity index is 704. The van der Waals surface area contributed by atoms with Crippen molar-refractivity contribution in [1.82, 2.24) is 5.01 Å². The van der Waals surface area contributed by atoms with Crippen molar-refractivity contribution in [2.24, 2.45) is 16.9 Å². The highest BCUT2D eigenvalue weighted by atomic mass is 19.4. The van der Waals surface area contributed by atoms with Crippen LogP contribution in [0.4, 0.5) is 13.2 Å². The van der Waals surface area contributed by atoms with Crippen LogP contribution in [0.2, 0.25) is 0 Å². The number of aliphatic hydroxyl groups is 1. The molecule has 1 amide bonds. The molecule has 1 aliphatic heterocycles. The SMILES string of the molecule is C[C@H]1CCC2=NN(C(=O)c3ccccc3O)[C@](O)(C(F)(F)F)[C@H]2C1. The van der Waals surface area contributed by atoms with Crippen molar-refractivity contribution in [3.63, 3.8) is 0 Å². The highest BCUT2D eigenvalue weighted by Gasteiger charge is 2.68. The Morgan fingerprint density at radius 2 is 2.04 bits per heavy atom. The number of aromatic hydroxyl groups is 1. The van der Waals surface area contributed by atoms with Gasteiger partial charge in [-0.1, -0.05) is 19.1 Å². The van der Waals surface area contributed by atoms with Crippen LogP contribution in [0.1, 0.15) is 36.5 Å². The minimum Gasteiger partial charge on any atom is -0.507 e. The predicted octanol–water partition coefficient (Wildman–Crippen LogP) is 2.89. The Hall–Kier alpha value is -2.09. The quantitative estimate of drug-likeness (QED) is 0.824. The first-order chi connectivity index (χ1) is 11.2. The van der Waals surface area contributed by atoms with Gasteiger partial charge in [-0.25, -0.2) is 0 Å². The second-order valence-electron chi connectivity index (χ2n) is 6.38. The number of hydrogen-bond acceptors (Lipinski definition) is 4. The van der Waals surface area contributed by atoms with E-state index >= 15 is 0 Å². The summed E-state index contributed by atoms with van der Waals surface area (Å²) in [5, 5.41) is 24.2. The summed E-state index contributed by atoms with van der Waals surface area (Å²) in [6.07, 6.45) is -4.02. The average molecular weight is 342 g/mol. The third kappa shape index (κ3) is 2.36. The second-order valence-corrected chi connectivity index (χ2v) is 6.38. The van der Waals surface area contributed by atoms with Gasteiger partial charge in [0.05, 0.1) is 11.5 Å². The number of fused-ring (bicyclic) bond motifs is 1. The first kappa shape index (κ1) is 16.8. The number of carbonyl (C=O) groups excluding carboxylic acids is 1. The number of carbonyl (C=O) groups is 1. The van der Waals surface area contributed by atoms with Crippen LogP contribution in [0.3, 0.4) is 0 Å². The van der Waals surface area contributed by atoms with Gasteiger partial charge < -0.3 is 10.2 Å². The van der Waals surface area contributed by atoms with Gasteiger partial charge in [0, 0.05) is 5.71 Å². The van der Waals surface area contributed by atoms with E-state index in [1.165, 1.54) is 24.3 Å². The van der Waals surface area contributed by atoms with E-state index < -0.39 is 29.5 Å². The van der Waals surface area contributed by atoms with Crippen molar-refractivity contribution >= 4 is 11.6 Å². The number of benzene rings is 1. The molecule has 0 saturated heterocycles. The maximum absolute atomic E-state index is 13.7. The average Bonchev–Trinajstić information content (AvgIpc) is 2.81. The van der Waals surface area contributed by atoms with Crippen LogP contribution < -0.4 is 0 Å². The Morgan fingerprint density at radius 1 is 1.38 bits per heavy atom. The van der Waals surface area contributed by atoms with Crippen LogP contribution in [0.15, 0.2) is 29.4 Å². The van der Waals surface area contributed by atoms with Crippen molar-refractivity contribution in [2.75, 3.05) is 0 Å². The monoisotopic (exact) mass is 342 g/mol. The van der Waals surface area contributed by atoms with E-state index in [9.17, 15) is 28.2 Å². The van der Waals surface area contributed by atoms with Crippen LogP contribution in [-0.2, 0) is 0 Å². The molecule has 0 unspecified atom stereocenters. The van der Waals surface area contributed by atoms with Gasteiger partial charge in [-0.05, 0) is 37.3 Å². The lowest BCUT2D eigenvalue weighted by Crippen LogP contribution is -2.61. The molecule has 0 spiro atoms. The van der Waals surface area contributed by atoms with Gasteiger partial charge in [-0.2, -0.15) is 23.3 Å². The fourth-order valence-corrected chi connectivity index (χ4v) is 3.38. The van der Waals surface area contributed by atoms with Crippen molar-refractivity contribution in [1.29, 1.82) is 0 Å². The van der Waals surface area contributed by atoms with Crippen LogP contribution in [0.25, 0.3) is 0 Å². The summed E-state index contributed by atoms with van der Waals surface area (Å²) in [4.78, 5) is 12.6. The Morgan fingerprint density at radius 3 is 2.67 bits per heavy atom. The number of hydrogen-bond donors (Lipinski definition) is 2. The number of rotatable bonds is 1. The van der Waals surface area contributed by atoms with Gasteiger partial charge in [0.15, 0.2) is 0 Å². The Labute approximate surface area is 136 Å². The highest BCUT2D eigenvalue weighted by molar-refractivity contribution is 6.01. The highest BCUT2D eigenvalue weighted by Crippen LogP contribution is 2.49. The largest absolute Gasteiger partial charge is 0.507 e. The zero-order chi connectivity index (χ0) is 17.7. The van der Waals surface area contributed by atoms with E-state index in [1.807, 2.05) is 0 Å². The standard InChI is InChI=1S/C16H17F3N2O3/c1-9-6-7-12-11(8-9)15(24,16(17,18)19)21(20-12)14(23)10-4-2-3-5-13(10)22/h2-5,9,11,22,24H,6-8H2,1H3/t9-,11-,15+/m0/s1. The number of para-hydroxylation sites is 1. The van der Waals surface area contributed by atoms with Crippen LogP contribution in [-0.4, -0.2) is 38.7 Å². The van der Waals surface area contributed by atoms with Crippen LogP contribution in [0.5, 0.6) is 5.75 Å². The molecule has 1 fully saturated rings. The normalized spacial score (nSPS) is 30.0. The summed E-state index contributed by atoms with van der Waals surface area (Å²) in [5.74, 6) is -2.93. The number of phenolic OH excluding ortho intramolecular Hbond substituents is 1. The zero-order valence-electron chi connectivity index (χ0n) is 12.9. The molecule has 5 nitrogen and oxygen atoms in total. The summed E-state index contributed by atoms with van der Waals surface area (Å²) in [7, 11) is 0. The molecule has 2 aliphatic rings. The fraction of sp³-hybridized carbons (Fsp3) is 0.500. The Kier molecular flexibility index (Phi) is 3.82. The molecule has 0 bridgehead atoms. The van der Waals surface area contributed by atoms with Crippen molar-refractivity contribution in [2.45, 2.75) is 38.1 Å². The lowest BCUT2D eigenvalue weighted by Gasteiger charge is -2.39. The first-order valence-electron chi connectivity index (χ1n) is 7.65. The predicted molar refractivity (Wildman–Crippen MR) is 79.2 cm³/mol. The number of phenols is 1. The summed E-state index contributed by atoms with van der Waals surface area (Å²) >= 11 is 0. The van der Waals surface area contributed by atoms with Crippen LogP contribution >= 0.6 is 0 Å². The lowest BCUT2D eigenvalue weighted by atomic mass is 9.76. The van der Waals surface area contributed by atoms with Crippen LogP contribution in [0, 0.1) is 11.8 Å². The molecule has 8 heteroatoms. The molecule has 1 heterocycles. The maximum atomic E-state index is 13.7. The van der Waals surface area contributed by atoms with Gasteiger partial charge in [0.2, 0.25) is 0 Å². The molecule has 0 radical (unpaired) electrons. The number of hydrazone groups is 1. The van der Waals surface area contributed by atoms with E-state index in [0.717, 1.165) is 0 Å². The molecule has 1 aromatic rings. The third-order valence-electron chi connectivity index (χ3n) is 4.71.